The molecule has 1 amide bonds. The predicted molar refractivity (Wildman–Crippen MR) is 84.3 cm³/mol. The molecule has 4 atom stereocenters. The first-order valence-corrected chi connectivity index (χ1v) is 7.40. The van der Waals surface area contributed by atoms with E-state index < -0.39 is 0 Å². The molecule has 0 aromatic rings. The molecule has 21 heavy (non-hydrogen) atoms. The molecule has 0 spiro atoms. The number of amides is 1. The fourth-order valence-corrected chi connectivity index (χ4v) is 2.63. The van der Waals surface area contributed by atoms with Crippen LogP contribution < -0.4 is 10.6 Å². The molecule has 1 saturated carbocycles. The Hall–Kier alpha value is -1.62. The van der Waals surface area contributed by atoms with Gasteiger partial charge in [0.25, 0.3) is 0 Å². The molecule has 1 unspecified atom stereocenters. The SMILES string of the molecule is C=CC(=C)C(=NC)O[C@H]1CNC(C(=O)N[C@]2(C)C[C@H]2C)C1. The molecular weight excluding hydrogens is 266 g/mol. The number of carbonyl (C=O) groups excluding carboxylic acids is 1. The van der Waals surface area contributed by atoms with Crippen molar-refractivity contribution < 1.29 is 9.53 Å². The zero-order valence-corrected chi connectivity index (χ0v) is 13.1. The number of carbonyl (C=O) groups is 1. The summed E-state index contributed by atoms with van der Waals surface area (Å²) in [5.74, 6) is 1.11. The minimum absolute atomic E-state index is 0.0229. The van der Waals surface area contributed by atoms with E-state index in [1.165, 1.54) is 0 Å². The molecule has 1 aliphatic heterocycles. The molecule has 0 aromatic heterocycles. The smallest absolute Gasteiger partial charge is 0.237 e. The molecule has 0 radical (unpaired) electrons. The van der Waals surface area contributed by atoms with Crippen molar-refractivity contribution in [3.05, 3.63) is 24.8 Å². The van der Waals surface area contributed by atoms with Gasteiger partial charge in [-0.1, -0.05) is 26.2 Å². The topological polar surface area (TPSA) is 62.7 Å². The molecule has 2 rings (SSSR count). The van der Waals surface area contributed by atoms with Crippen LogP contribution in [0.3, 0.4) is 0 Å². The maximum Gasteiger partial charge on any atom is 0.237 e. The first-order chi connectivity index (χ1) is 9.89. The van der Waals surface area contributed by atoms with Gasteiger partial charge in [0, 0.05) is 31.1 Å². The zero-order chi connectivity index (χ0) is 15.6. The number of rotatable bonds is 5. The molecule has 5 nitrogen and oxygen atoms in total. The summed E-state index contributed by atoms with van der Waals surface area (Å²) in [6.45, 7) is 12.4. The largest absolute Gasteiger partial charge is 0.473 e. The van der Waals surface area contributed by atoms with Crippen LogP contribution in [0.1, 0.15) is 26.7 Å². The lowest BCUT2D eigenvalue weighted by atomic mass is 10.1. The van der Waals surface area contributed by atoms with Crippen molar-refractivity contribution in [2.45, 2.75) is 44.4 Å². The fraction of sp³-hybridized carbons (Fsp3) is 0.625. The Morgan fingerprint density at radius 2 is 2.24 bits per heavy atom. The van der Waals surface area contributed by atoms with Crippen molar-refractivity contribution in [2.75, 3.05) is 13.6 Å². The number of hydrogen-bond acceptors (Lipinski definition) is 4. The van der Waals surface area contributed by atoms with Crippen molar-refractivity contribution in [1.29, 1.82) is 0 Å². The van der Waals surface area contributed by atoms with Crippen LogP contribution in [-0.4, -0.2) is 43.1 Å². The lowest BCUT2D eigenvalue weighted by Gasteiger charge is -2.17. The van der Waals surface area contributed by atoms with Crippen LogP contribution in [0.5, 0.6) is 0 Å². The molecule has 1 aliphatic carbocycles. The van der Waals surface area contributed by atoms with Gasteiger partial charge in [-0.3, -0.25) is 9.79 Å². The third-order valence-corrected chi connectivity index (χ3v) is 4.48. The molecule has 0 aromatic carbocycles. The third kappa shape index (κ3) is 3.53. The van der Waals surface area contributed by atoms with Gasteiger partial charge in [-0.15, -0.1) is 0 Å². The predicted octanol–water partition coefficient (Wildman–Crippen LogP) is 1.42. The standard InChI is InChI=1S/C16H25N3O2/c1-6-10(2)15(17-5)21-12-7-13(18-9-12)14(20)19-16(4)8-11(16)3/h6,11-13,18H,1-2,7-9H2,3-5H3,(H,19,20)/t11-,12-,13?,16-/m1/s1. The van der Waals surface area contributed by atoms with Gasteiger partial charge in [0.2, 0.25) is 11.8 Å². The first kappa shape index (κ1) is 15.8. The summed E-state index contributed by atoms with van der Waals surface area (Å²) in [6.07, 6.45) is 3.24. The number of nitrogens with one attached hydrogen (secondary N) is 2. The maximum absolute atomic E-state index is 12.2. The van der Waals surface area contributed by atoms with E-state index in [0.29, 0.717) is 30.4 Å². The Morgan fingerprint density at radius 1 is 1.57 bits per heavy atom. The highest BCUT2D eigenvalue weighted by molar-refractivity contribution is 5.95. The van der Waals surface area contributed by atoms with Crippen molar-refractivity contribution in [3.8, 4) is 0 Å². The van der Waals surface area contributed by atoms with Crippen LogP contribution in [0.15, 0.2) is 29.8 Å². The summed E-state index contributed by atoms with van der Waals surface area (Å²) in [4.78, 5) is 16.3. The van der Waals surface area contributed by atoms with Gasteiger partial charge in [-0.25, -0.2) is 0 Å². The highest BCUT2D eigenvalue weighted by atomic mass is 16.5. The molecule has 5 heteroatoms. The van der Waals surface area contributed by atoms with Crippen molar-refractivity contribution in [1.82, 2.24) is 10.6 Å². The van der Waals surface area contributed by atoms with Crippen LogP contribution in [0.4, 0.5) is 0 Å². The highest BCUT2D eigenvalue weighted by Crippen LogP contribution is 2.42. The molecule has 0 bridgehead atoms. The van der Waals surface area contributed by atoms with Gasteiger partial charge in [0.1, 0.15) is 6.10 Å². The Labute approximate surface area is 126 Å². The van der Waals surface area contributed by atoms with E-state index in [1.807, 2.05) is 0 Å². The molecule has 116 valence electrons. The van der Waals surface area contributed by atoms with E-state index in [2.05, 4.69) is 42.6 Å². The Kier molecular flexibility index (Phi) is 4.52. The second-order valence-electron chi connectivity index (χ2n) is 6.21. The van der Waals surface area contributed by atoms with E-state index >= 15 is 0 Å². The molecule has 2 fully saturated rings. The summed E-state index contributed by atoms with van der Waals surface area (Å²) in [7, 11) is 1.66. The van der Waals surface area contributed by atoms with Gasteiger partial charge in [0.15, 0.2) is 0 Å². The Bertz CT molecular complexity index is 486. The Balaban J connectivity index is 1.84. The summed E-state index contributed by atoms with van der Waals surface area (Å²) in [6, 6.07) is -0.199. The molecule has 2 N–H and O–H groups in total. The first-order valence-electron chi connectivity index (χ1n) is 7.40. The number of hydrogen-bond donors (Lipinski definition) is 2. The minimum Gasteiger partial charge on any atom is -0.473 e. The van der Waals surface area contributed by atoms with Crippen molar-refractivity contribution >= 4 is 11.8 Å². The average molecular weight is 291 g/mol. The number of ether oxygens (including phenoxy) is 1. The van der Waals surface area contributed by atoms with Crippen LogP contribution in [0.2, 0.25) is 0 Å². The van der Waals surface area contributed by atoms with Crippen molar-refractivity contribution in [2.24, 2.45) is 10.9 Å². The summed E-state index contributed by atoms with van der Waals surface area (Å²) in [5.41, 5.74) is 0.634. The molecule has 1 heterocycles. The quantitative estimate of drug-likeness (QED) is 0.457. The normalized spacial score (nSPS) is 35.2. The molecule has 2 aliphatic rings. The average Bonchev–Trinajstić information content (AvgIpc) is 2.87. The molecule has 1 saturated heterocycles. The summed E-state index contributed by atoms with van der Waals surface area (Å²) in [5, 5.41) is 6.33. The lowest BCUT2D eigenvalue weighted by Crippen LogP contribution is -2.46. The fourth-order valence-electron chi connectivity index (χ4n) is 2.63. The van der Waals surface area contributed by atoms with Crippen molar-refractivity contribution in [3.63, 3.8) is 0 Å². The van der Waals surface area contributed by atoms with Crippen LogP contribution >= 0.6 is 0 Å². The van der Waals surface area contributed by atoms with Gasteiger partial charge < -0.3 is 15.4 Å². The Morgan fingerprint density at radius 3 is 2.76 bits per heavy atom. The van der Waals surface area contributed by atoms with Gasteiger partial charge in [0.05, 0.1) is 6.04 Å². The summed E-state index contributed by atoms with van der Waals surface area (Å²) >= 11 is 0. The van der Waals surface area contributed by atoms with Crippen LogP contribution in [-0.2, 0) is 9.53 Å². The second-order valence-corrected chi connectivity index (χ2v) is 6.21. The summed E-state index contributed by atoms with van der Waals surface area (Å²) < 4.78 is 5.80. The van der Waals surface area contributed by atoms with Crippen LogP contribution in [0.25, 0.3) is 0 Å². The lowest BCUT2D eigenvalue weighted by molar-refractivity contribution is -0.123. The van der Waals surface area contributed by atoms with E-state index in [1.54, 1.807) is 13.1 Å². The second kappa shape index (κ2) is 6.02. The van der Waals surface area contributed by atoms with Gasteiger partial charge in [-0.2, -0.15) is 0 Å². The maximum atomic E-state index is 12.2. The van der Waals surface area contributed by atoms with Gasteiger partial charge >= 0.3 is 0 Å². The molecular formula is C16H25N3O2. The van der Waals surface area contributed by atoms with Gasteiger partial charge in [-0.05, 0) is 19.3 Å². The highest BCUT2D eigenvalue weighted by Gasteiger charge is 2.48. The number of aliphatic imine (C=N–C) groups is 1. The van der Waals surface area contributed by atoms with E-state index in [-0.39, 0.29) is 23.6 Å². The monoisotopic (exact) mass is 291 g/mol. The number of nitrogens with zero attached hydrogens (tertiary/aromatic N) is 1. The van der Waals surface area contributed by atoms with E-state index in [4.69, 9.17) is 4.74 Å². The van der Waals surface area contributed by atoms with E-state index in [9.17, 15) is 4.79 Å². The third-order valence-electron chi connectivity index (χ3n) is 4.48. The zero-order valence-electron chi connectivity index (χ0n) is 13.1. The minimum atomic E-state index is -0.199. The van der Waals surface area contributed by atoms with Crippen LogP contribution in [0, 0.1) is 5.92 Å². The van der Waals surface area contributed by atoms with E-state index in [0.717, 1.165) is 6.42 Å².